The van der Waals surface area contributed by atoms with E-state index in [-0.39, 0.29) is 18.7 Å². The van der Waals surface area contributed by atoms with Crippen molar-refractivity contribution >= 4 is 21.8 Å². The molecule has 100 valence electrons. The second-order valence-corrected chi connectivity index (χ2v) is 5.34. The van der Waals surface area contributed by atoms with Gasteiger partial charge in [0.15, 0.2) is 0 Å². The Labute approximate surface area is 105 Å². The molecule has 1 aromatic carbocycles. The number of hydrogen-bond acceptors (Lipinski definition) is 4. The molecule has 4 N–H and O–H groups in total. The van der Waals surface area contributed by atoms with Crippen molar-refractivity contribution in [2.24, 2.45) is 0 Å². The lowest BCUT2D eigenvalue weighted by atomic mass is 10.3. The van der Waals surface area contributed by atoms with Crippen LogP contribution in [0.1, 0.15) is 6.42 Å². The lowest BCUT2D eigenvalue weighted by molar-refractivity contribution is 0.194. The molecule has 0 saturated carbocycles. The molecule has 0 saturated heterocycles. The molecule has 0 aromatic heterocycles. The molecule has 0 fully saturated rings. The lowest BCUT2D eigenvalue weighted by Crippen LogP contribution is -2.33. The first kappa shape index (κ1) is 14.3. The molecule has 0 heterocycles. The van der Waals surface area contributed by atoms with E-state index in [1.165, 1.54) is 0 Å². The van der Waals surface area contributed by atoms with Crippen molar-refractivity contribution in [2.75, 3.05) is 17.7 Å². The number of hydrogen-bond donors (Lipinski definition) is 4. The van der Waals surface area contributed by atoms with E-state index in [1.54, 1.807) is 24.3 Å². The van der Waals surface area contributed by atoms with E-state index in [1.807, 2.05) is 6.07 Å². The maximum Gasteiger partial charge on any atom is 0.404 e. The Hall–Kier alpha value is -1.80. The summed E-state index contributed by atoms with van der Waals surface area (Å²) in [4.78, 5) is 12.4. The summed E-state index contributed by atoms with van der Waals surface area (Å²) in [5.74, 6) is -0.160. The van der Waals surface area contributed by atoms with Crippen molar-refractivity contribution in [1.29, 1.82) is 0 Å². The van der Waals surface area contributed by atoms with Crippen LogP contribution in [-0.2, 0) is 10.0 Å². The second kappa shape index (κ2) is 6.82. The van der Waals surface area contributed by atoms with Crippen LogP contribution in [0.25, 0.3) is 0 Å². The van der Waals surface area contributed by atoms with Gasteiger partial charge in [0, 0.05) is 12.2 Å². The Balaban J connectivity index is 2.30. The average Bonchev–Trinajstić information content (AvgIpc) is 2.34. The maximum atomic E-state index is 11.5. The molecule has 0 unspecified atom stereocenters. The molecule has 0 aliphatic carbocycles. The Morgan fingerprint density at radius 3 is 2.50 bits per heavy atom. The molecule has 7 nitrogen and oxygen atoms in total. The van der Waals surface area contributed by atoms with E-state index in [9.17, 15) is 13.2 Å². The minimum absolute atomic E-state index is 0.0988. The summed E-state index contributed by atoms with van der Waals surface area (Å²) in [5, 5.41) is 10.4. The molecule has 1 amide bonds. The van der Waals surface area contributed by atoms with Gasteiger partial charge in [0.05, 0.1) is 5.75 Å². The quantitative estimate of drug-likeness (QED) is 0.429. The topological polar surface area (TPSA) is 108 Å². The van der Waals surface area contributed by atoms with Crippen molar-refractivity contribution in [3.05, 3.63) is 30.3 Å². The first-order chi connectivity index (χ1) is 8.49. The van der Waals surface area contributed by atoms with Gasteiger partial charge < -0.3 is 15.8 Å². The maximum absolute atomic E-state index is 11.5. The SMILES string of the molecule is O=C(O)NCCCS(=O)(=O)NNc1ccccc1. The summed E-state index contributed by atoms with van der Waals surface area (Å²) >= 11 is 0. The van der Waals surface area contributed by atoms with Gasteiger partial charge in [-0.1, -0.05) is 18.2 Å². The van der Waals surface area contributed by atoms with Gasteiger partial charge in [-0.25, -0.2) is 13.2 Å². The number of carboxylic acid groups (broad SMARTS) is 1. The molecule has 1 aromatic rings. The van der Waals surface area contributed by atoms with Gasteiger partial charge in [-0.3, -0.25) is 0 Å². The number of benzene rings is 1. The van der Waals surface area contributed by atoms with Crippen molar-refractivity contribution in [3.8, 4) is 0 Å². The van der Waals surface area contributed by atoms with Crippen LogP contribution >= 0.6 is 0 Å². The summed E-state index contributed by atoms with van der Waals surface area (Å²) in [7, 11) is -3.47. The predicted molar refractivity (Wildman–Crippen MR) is 67.6 cm³/mol. The largest absolute Gasteiger partial charge is 0.465 e. The fourth-order valence-electron chi connectivity index (χ4n) is 1.17. The molecule has 0 aliphatic rings. The third-order valence-electron chi connectivity index (χ3n) is 1.99. The zero-order chi connectivity index (χ0) is 13.4. The average molecular weight is 273 g/mol. The number of anilines is 1. The van der Waals surface area contributed by atoms with E-state index in [2.05, 4.69) is 15.6 Å². The van der Waals surface area contributed by atoms with E-state index in [4.69, 9.17) is 5.11 Å². The highest BCUT2D eigenvalue weighted by Gasteiger charge is 2.09. The molecule has 8 heteroatoms. The van der Waals surface area contributed by atoms with E-state index in [0.717, 1.165) is 0 Å². The summed E-state index contributed by atoms with van der Waals surface area (Å²) < 4.78 is 23.0. The highest BCUT2D eigenvalue weighted by molar-refractivity contribution is 7.89. The zero-order valence-corrected chi connectivity index (χ0v) is 10.4. The molecule has 0 aliphatic heterocycles. The third-order valence-corrected chi connectivity index (χ3v) is 3.23. The first-order valence-corrected chi connectivity index (χ1v) is 6.92. The number of nitrogens with one attached hydrogen (secondary N) is 3. The molecule has 18 heavy (non-hydrogen) atoms. The van der Waals surface area contributed by atoms with E-state index < -0.39 is 16.1 Å². The van der Waals surface area contributed by atoms with E-state index >= 15 is 0 Å². The smallest absolute Gasteiger partial charge is 0.404 e. The van der Waals surface area contributed by atoms with Crippen molar-refractivity contribution in [1.82, 2.24) is 10.1 Å². The highest BCUT2D eigenvalue weighted by Crippen LogP contribution is 2.03. The van der Waals surface area contributed by atoms with Crippen LogP contribution in [0, 0.1) is 0 Å². The molecule has 0 radical (unpaired) electrons. The van der Waals surface area contributed by atoms with Crippen LogP contribution < -0.4 is 15.6 Å². The molecule has 1 rings (SSSR count). The fraction of sp³-hybridized carbons (Fsp3) is 0.300. The number of carbonyl (C=O) groups is 1. The van der Waals surface area contributed by atoms with Gasteiger partial charge in [0.25, 0.3) is 0 Å². The number of sulfonamides is 1. The van der Waals surface area contributed by atoms with Gasteiger partial charge in [0.2, 0.25) is 10.0 Å². The minimum atomic E-state index is -3.47. The Kier molecular flexibility index (Phi) is 5.40. The van der Waals surface area contributed by atoms with E-state index in [0.29, 0.717) is 5.69 Å². The summed E-state index contributed by atoms with van der Waals surface area (Å²) in [5.41, 5.74) is 3.19. The Bertz CT molecular complexity index is 475. The molecule has 0 atom stereocenters. The minimum Gasteiger partial charge on any atom is -0.465 e. The highest BCUT2D eigenvalue weighted by atomic mass is 32.2. The molecule has 0 bridgehead atoms. The van der Waals surface area contributed by atoms with Gasteiger partial charge in [-0.2, -0.15) is 0 Å². The van der Waals surface area contributed by atoms with Gasteiger partial charge in [-0.15, -0.1) is 4.83 Å². The number of rotatable bonds is 7. The number of amides is 1. The second-order valence-electron chi connectivity index (χ2n) is 3.50. The summed E-state index contributed by atoms with van der Waals surface area (Å²) in [6.45, 7) is 0.0988. The molecular formula is C10H15N3O4S. The number of hydrazine groups is 1. The van der Waals surface area contributed by atoms with Crippen molar-refractivity contribution < 1.29 is 18.3 Å². The monoisotopic (exact) mass is 273 g/mol. The summed E-state index contributed by atoms with van der Waals surface area (Å²) in [6, 6.07) is 8.79. The normalized spacial score (nSPS) is 10.9. The van der Waals surface area contributed by atoms with Crippen LogP contribution in [0.3, 0.4) is 0 Å². The first-order valence-electron chi connectivity index (χ1n) is 5.27. The van der Waals surface area contributed by atoms with Crippen LogP contribution in [0.4, 0.5) is 10.5 Å². The van der Waals surface area contributed by atoms with Crippen molar-refractivity contribution in [3.63, 3.8) is 0 Å². The van der Waals surface area contributed by atoms with Gasteiger partial charge in [-0.05, 0) is 18.6 Å². The van der Waals surface area contributed by atoms with Crippen LogP contribution in [-0.4, -0.2) is 31.9 Å². The Morgan fingerprint density at radius 1 is 1.22 bits per heavy atom. The van der Waals surface area contributed by atoms with Gasteiger partial charge in [0.1, 0.15) is 0 Å². The van der Waals surface area contributed by atoms with Gasteiger partial charge >= 0.3 is 6.09 Å². The molecular weight excluding hydrogens is 258 g/mol. The predicted octanol–water partition coefficient (Wildman–Crippen LogP) is 0.591. The zero-order valence-electron chi connectivity index (χ0n) is 9.59. The lowest BCUT2D eigenvalue weighted by Gasteiger charge is -2.09. The fourth-order valence-corrected chi connectivity index (χ4v) is 2.07. The summed E-state index contributed by atoms with van der Waals surface area (Å²) in [6.07, 6.45) is -0.958. The van der Waals surface area contributed by atoms with Crippen LogP contribution in [0.5, 0.6) is 0 Å². The third kappa shape index (κ3) is 6.06. The standard InChI is InChI=1S/C10H15N3O4S/c14-10(15)11-7-4-8-18(16,17)13-12-9-5-2-1-3-6-9/h1-3,5-6,11-13H,4,7-8H2,(H,14,15). The van der Waals surface area contributed by atoms with Crippen LogP contribution in [0.15, 0.2) is 30.3 Å². The number of para-hydroxylation sites is 1. The Morgan fingerprint density at radius 2 is 1.89 bits per heavy atom. The molecule has 0 spiro atoms. The van der Waals surface area contributed by atoms with Crippen LogP contribution in [0.2, 0.25) is 0 Å². The van der Waals surface area contributed by atoms with Crippen molar-refractivity contribution in [2.45, 2.75) is 6.42 Å².